The largest absolute Gasteiger partial charge is 0.496 e. The van der Waals surface area contributed by atoms with E-state index in [0.717, 1.165) is 25.4 Å². The van der Waals surface area contributed by atoms with Crippen LogP contribution in [-0.2, 0) is 4.79 Å². The Labute approximate surface area is 143 Å². The fourth-order valence-electron chi connectivity index (χ4n) is 4.02. The number of carbonyl (C=O) groups excluding carboxylic acids is 2. The van der Waals surface area contributed by atoms with Gasteiger partial charge in [-0.3, -0.25) is 9.59 Å². The van der Waals surface area contributed by atoms with Crippen molar-refractivity contribution in [3.8, 4) is 5.75 Å². The molecule has 1 aliphatic heterocycles. The molecule has 1 aromatic rings. The fourth-order valence-corrected chi connectivity index (χ4v) is 4.02. The van der Waals surface area contributed by atoms with Crippen molar-refractivity contribution in [2.75, 3.05) is 26.7 Å². The third-order valence-electron chi connectivity index (χ3n) is 5.40. The lowest BCUT2D eigenvalue weighted by molar-refractivity contribution is -0.133. The smallest absolute Gasteiger partial charge is 0.255 e. The number of rotatable bonds is 4. The van der Waals surface area contributed by atoms with Crippen LogP contribution in [0.5, 0.6) is 5.75 Å². The van der Waals surface area contributed by atoms with E-state index in [2.05, 4.69) is 5.32 Å². The Morgan fingerprint density at radius 2 is 1.92 bits per heavy atom. The van der Waals surface area contributed by atoms with Gasteiger partial charge in [0.15, 0.2) is 0 Å². The maximum Gasteiger partial charge on any atom is 0.255 e. The molecule has 2 fully saturated rings. The summed E-state index contributed by atoms with van der Waals surface area (Å²) in [5, 5.41) is 2.73. The van der Waals surface area contributed by atoms with E-state index in [1.165, 1.54) is 32.8 Å². The molecule has 0 radical (unpaired) electrons. The van der Waals surface area contributed by atoms with Crippen LogP contribution in [-0.4, -0.2) is 43.5 Å². The third kappa shape index (κ3) is 3.71. The summed E-state index contributed by atoms with van der Waals surface area (Å²) in [4.78, 5) is 26.6. The number of methoxy groups -OCH3 is 1. The second-order valence-electron chi connectivity index (χ2n) is 6.82. The van der Waals surface area contributed by atoms with Crippen LogP contribution in [0, 0.1) is 11.8 Å². The van der Waals surface area contributed by atoms with Crippen molar-refractivity contribution in [3.05, 3.63) is 29.8 Å². The molecule has 5 heteroatoms. The molecule has 1 saturated carbocycles. The zero-order valence-corrected chi connectivity index (χ0v) is 14.3. The van der Waals surface area contributed by atoms with Gasteiger partial charge in [0.2, 0.25) is 5.91 Å². The number of amides is 2. The van der Waals surface area contributed by atoms with Crippen molar-refractivity contribution in [1.82, 2.24) is 10.2 Å². The number of hydrogen-bond acceptors (Lipinski definition) is 3. The van der Waals surface area contributed by atoms with Gasteiger partial charge in [0.05, 0.1) is 19.2 Å². The summed E-state index contributed by atoms with van der Waals surface area (Å²) in [6, 6.07) is 7.04. The summed E-state index contributed by atoms with van der Waals surface area (Å²) in [6.07, 6.45) is 6.29. The molecule has 130 valence electrons. The number of likely N-dealkylation sites (tertiary alicyclic amines) is 1. The SMILES string of the molecule is COc1ccccc1C(=O)NCC(=O)N1CC[C@H]2CCCC[C@@H]2C1. The molecule has 0 aromatic heterocycles. The van der Waals surface area contributed by atoms with Crippen LogP contribution in [0.25, 0.3) is 0 Å². The number of benzene rings is 1. The molecule has 1 aliphatic carbocycles. The molecule has 2 aliphatic rings. The molecule has 3 rings (SSSR count). The fraction of sp³-hybridized carbons (Fsp3) is 0.579. The average molecular weight is 330 g/mol. The lowest BCUT2D eigenvalue weighted by Gasteiger charge is -2.41. The Morgan fingerprint density at radius 1 is 1.17 bits per heavy atom. The molecule has 1 saturated heterocycles. The van der Waals surface area contributed by atoms with Gasteiger partial charge in [-0.15, -0.1) is 0 Å². The van der Waals surface area contributed by atoms with E-state index in [9.17, 15) is 9.59 Å². The van der Waals surface area contributed by atoms with E-state index in [-0.39, 0.29) is 18.4 Å². The second-order valence-corrected chi connectivity index (χ2v) is 6.82. The van der Waals surface area contributed by atoms with Gasteiger partial charge in [-0.25, -0.2) is 0 Å². The Balaban J connectivity index is 1.53. The number of carbonyl (C=O) groups is 2. The summed E-state index contributed by atoms with van der Waals surface area (Å²) >= 11 is 0. The zero-order valence-electron chi connectivity index (χ0n) is 14.3. The van der Waals surface area contributed by atoms with E-state index in [1.807, 2.05) is 11.0 Å². The minimum Gasteiger partial charge on any atom is -0.496 e. The lowest BCUT2D eigenvalue weighted by Crippen LogP contribution is -2.48. The van der Waals surface area contributed by atoms with Crippen molar-refractivity contribution in [2.24, 2.45) is 11.8 Å². The van der Waals surface area contributed by atoms with Crippen LogP contribution in [0.1, 0.15) is 42.5 Å². The standard InChI is InChI=1S/C19H26N2O3/c1-24-17-9-5-4-8-16(17)19(23)20-12-18(22)21-11-10-14-6-2-3-7-15(14)13-21/h4-5,8-9,14-15H,2-3,6-7,10-13H2,1H3,(H,20,23)/t14-,15-/m1/s1. The summed E-state index contributed by atoms with van der Waals surface area (Å²) in [5.74, 6) is 1.72. The topological polar surface area (TPSA) is 58.6 Å². The van der Waals surface area contributed by atoms with Crippen LogP contribution in [0.15, 0.2) is 24.3 Å². The van der Waals surface area contributed by atoms with E-state index < -0.39 is 0 Å². The van der Waals surface area contributed by atoms with Gasteiger partial charge in [0, 0.05) is 13.1 Å². The van der Waals surface area contributed by atoms with E-state index in [0.29, 0.717) is 17.2 Å². The Hall–Kier alpha value is -2.04. The molecule has 0 unspecified atom stereocenters. The molecule has 1 aromatic carbocycles. The van der Waals surface area contributed by atoms with Gasteiger partial charge in [0.25, 0.3) is 5.91 Å². The quantitative estimate of drug-likeness (QED) is 0.922. The molecular weight excluding hydrogens is 304 g/mol. The zero-order chi connectivity index (χ0) is 16.9. The van der Waals surface area contributed by atoms with Crippen LogP contribution in [0.2, 0.25) is 0 Å². The van der Waals surface area contributed by atoms with Crippen LogP contribution in [0.4, 0.5) is 0 Å². The first-order valence-electron chi connectivity index (χ1n) is 8.88. The highest BCUT2D eigenvalue weighted by Gasteiger charge is 2.32. The summed E-state index contributed by atoms with van der Waals surface area (Å²) in [6.45, 7) is 1.73. The first kappa shape index (κ1) is 16.8. The van der Waals surface area contributed by atoms with Crippen molar-refractivity contribution in [2.45, 2.75) is 32.1 Å². The number of nitrogens with one attached hydrogen (secondary N) is 1. The number of para-hydroxylation sites is 1. The predicted molar refractivity (Wildman–Crippen MR) is 92.0 cm³/mol. The number of piperidine rings is 1. The molecule has 2 amide bonds. The van der Waals surface area contributed by atoms with E-state index in [4.69, 9.17) is 4.74 Å². The Morgan fingerprint density at radius 3 is 2.71 bits per heavy atom. The molecule has 2 atom stereocenters. The maximum absolute atomic E-state index is 12.4. The average Bonchev–Trinajstić information content (AvgIpc) is 2.65. The van der Waals surface area contributed by atoms with Crippen molar-refractivity contribution >= 4 is 11.8 Å². The van der Waals surface area contributed by atoms with Crippen molar-refractivity contribution in [1.29, 1.82) is 0 Å². The second kappa shape index (κ2) is 7.69. The van der Waals surface area contributed by atoms with Gasteiger partial charge >= 0.3 is 0 Å². The van der Waals surface area contributed by atoms with Crippen molar-refractivity contribution in [3.63, 3.8) is 0 Å². The summed E-state index contributed by atoms with van der Waals surface area (Å²) in [5.41, 5.74) is 0.457. The Bertz CT molecular complexity index is 602. The molecule has 5 nitrogen and oxygen atoms in total. The van der Waals surface area contributed by atoms with Crippen LogP contribution < -0.4 is 10.1 Å². The predicted octanol–water partition coefficient (Wildman–Crippen LogP) is 2.46. The number of fused-ring (bicyclic) bond motifs is 1. The lowest BCUT2D eigenvalue weighted by atomic mass is 9.75. The molecule has 1 N–H and O–H groups in total. The highest BCUT2D eigenvalue weighted by molar-refractivity contribution is 5.98. The Kier molecular flexibility index (Phi) is 5.38. The monoisotopic (exact) mass is 330 g/mol. The van der Waals surface area contributed by atoms with Crippen LogP contribution >= 0.6 is 0 Å². The molecular formula is C19H26N2O3. The normalized spacial score (nSPS) is 23.3. The molecule has 24 heavy (non-hydrogen) atoms. The van der Waals surface area contributed by atoms with Gasteiger partial charge in [-0.1, -0.05) is 31.4 Å². The third-order valence-corrected chi connectivity index (χ3v) is 5.40. The first-order chi connectivity index (χ1) is 11.7. The van der Waals surface area contributed by atoms with Gasteiger partial charge in [-0.05, 0) is 36.8 Å². The minimum absolute atomic E-state index is 0.0160. The van der Waals surface area contributed by atoms with Crippen LogP contribution in [0.3, 0.4) is 0 Å². The molecule has 1 heterocycles. The first-order valence-corrected chi connectivity index (χ1v) is 8.88. The van der Waals surface area contributed by atoms with Gasteiger partial charge < -0.3 is 15.0 Å². The highest BCUT2D eigenvalue weighted by Crippen LogP contribution is 2.35. The molecule has 0 bridgehead atoms. The van der Waals surface area contributed by atoms with Crippen molar-refractivity contribution < 1.29 is 14.3 Å². The van der Waals surface area contributed by atoms with E-state index in [1.54, 1.807) is 18.2 Å². The van der Waals surface area contributed by atoms with Gasteiger partial charge in [-0.2, -0.15) is 0 Å². The maximum atomic E-state index is 12.4. The minimum atomic E-state index is -0.270. The summed E-state index contributed by atoms with van der Waals surface area (Å²) in [7, 11) is 1.53. The van der Waals surface area contributed by atoms with Gasteiger partial charge in [0.1, 0.15) is 5.75 Å². The number of ether oxygens (including phenoxy) is 1. The number of hydrogen-bond donors (Lipinski definition) is 1. The van der Waals surface area contributed by atoms with E-state index >= 15 is 0 Å². The summed E-state index contributed by atoms with van der Waals surface area (Å²) < 4.78 is 5.19. The molecule has 0 spiro atoms. The highest BCUT2D eigenvalue weighted by atomic mass is 16.5. The number of nitrogens with zero attached hydrogens (tertiary/aromatic N) is 1.